The van der Waals surface area contributed by atoms with Crippen molar-refractivity contribution in [3.8, 4) is 5.75 Å². The molecular weight excluding hydrogens is 739 g/mol. The maximum absolute atomic E-state index is 13.2. The number of esters is 4. The average Bonchev–Trinajstić information content (AvgIpc) is 3.68. The van der Waals surface area contributed by atoms with Gasteiger partial charge in [0.05, 0.1) is 37.4 Å². The molecule has 1 aromatic carbocycles. The van der Waals surface area contributed by atoms with E-state index in [1.165, 1.54) is 18.0 Å². The number of fused-ring (bicyclic) bond motifs is 1. The number of aromatic nitrogens is 3. The highest BCUT2D eigenvalue weighted by atomic mass is 31.2. The van der Waals surface area contributed by atoms with Crippen LogP contribution in [0.5, 0.6) is 5.75 Å². The fourth-order valence-electron chi connectivity index (χ4n) is 5.38. The van der Waals surface area contributed by atoms with Gasteiger partial charge in [0.2, 0.25) is 0 Å². The van der Waals surface area contributed by atoms with Crippen LogP contribution in [0.4, 0.5) is 5.82 Å². The van der Waals surface area contributed by atoms with Crippen molar-refractivity contribution >= 4 is 43.7 Å². The van der Waals surface area contributed by atoms with Gasteiger partial charge in [-0.1, -0.05) is 39.8 Å². The second kappa shape index (κ2) is 18.9. The van der Waals surface area contributed by atoms with E-state index in [0.717, 1.165) is 5.56 Å². The van der Waals surface area contributed by atoms with Gasteiger partial charge >= 0.3 is 32.4 Å². The Hall–Kier alpha value is -4.45. The first-order chi connectivity index (χ1) is 25.9. The number of nitrogens with zero attached hydrogens (tertiary/aromatic N) is 3. The molecule has 18 nitrogen and oxygen atoms in total. The summed E-state index contributed by atoms with van der Waals surface area (Å²) in [6.07, 6.45) is -2.17. The van der Waals surface area contributed by atoms with Gasteiger partial charge in [-0.25, -0.2) is 14.6 Å². The first kappa shape index (κ1) is 43.3. The van der Waals surface area contributed by atoms with Crippen LogP contribution < -0.4 is 21.4 Å². The molecular formula is C36H51N6O12P. The van der Waals surface area contributed by atoms with Crippen molar-refractivity contribution in [3.05, 3.63) is 54.0 Å². The van der Waals surface area contributed by atoms with Crippen LogP contribution in [0.15, 0.2) is 42.7 Å². The van der Waals surface area contributed by atoms with Crippen molar-refractivity contribution in [2.24, 2.45) is 17.6 Å². The summed E-state index contributed by atoms with van der Waals surface area (Å²) in [7, 11) is -1.02. The van der Waals surface area contributed by atoms with Crippen molar-refractivity contribution in [2.45, 2.75) is 104 Å². The quantitative estimate of drug-likeness (QED) is 0.0550. The molecule has 19 heteroatoms. The summed E-state index contributed by atoms with van der Waals surface area (Å²) in [5.74, 6) is -2.84. The number of ether oxygens (including phenoxy) is 5. The molecule has 1 fully saturated rings. The van der Waals surface area contributed by atoms with E-state index < -0.39 is 80.2 Å². The number of benzene rings is 1. The van der Waals surface area contributed by atoms with Crippen LogP contribution in [-0.4, -0.2) is 88.2 Å². The van der Waals surface area contributed by atoms with E-state index in [0.29, 0.717) is 11.2 Å². The second-order valence-electron chi connectivity index (χ2n) is 14.1. The second-order valence-corrected chi connectivity index (χ2v) is 15.3. The highest BCUT2D eigenvalue weighted by Crippen LogP contribution is 2.47. The van der Waals surface area contributed by atoms with Gasteiger partial charge in [0.15, 0.2) is 23.8 Å². The van der Waals surface area contributed by atoms with Crippen LogP contribution in [0.3, 0.4) is 0 Å². The summed E-state index contributed by atoms with van der Waals surface area (Å²) >= 11 is 0. The molecule has 4 rings (SSSR count). The average molecular weight is 791 g/mol. The molecule has 7 atom stereocenters. The molecule has 0 radical (unpaired) electrons. The van der Waals surface area contributed by atoms with Crippen LogP contribution in [-0.2, 0) is 58.5 Å². The summed E-state index contributed by atoms with van der Waals surface area (Å²) in [6.45, 7) is 13.0. The lowest BCUT2D eigenvalue weighted by Crippen LogP contribution is -2.49. The molecule has 55 heavy (non-hydrogen) atoms. The number of nitrogens with one attached hydrogen (secondary N) is 1. The number of rotatable bonds is 18. The van der Waals surface area contributed by atoms with E-state index in [9.17, 15) is 19.2 Å². The molecule has 5 N–H and O–H groups in total. The molecule has 1 aliphatic heterocycles. The predicted octanol–water partition coefficient (Wildman–Crippen LogP) is 3.50. The third kappa shape index (κ3) is 11.1. The summed E-state index contributed by atoms with van der Waals surface area (Å²) in [5, 5.41) is 7.25. The summed E-state index contributed by atoms with van der Waals surface area (Å²) in [4.78, 5) is 60.5. The Labute approximate surface area is 320 Å². The number of carbonyl (C=O) groups excluding carboxylic acids is 4. The lowest BCUT2D eigenvalue weighted by molar-refractivity contribution is -0.176. The van der Waals surface area contributed by atoms with Crippen LogP contribution >= 0.6 is 8.53 Å². The van der Waals surface area contributed by atoms with Crippen LogP contribution in [0.2, 0.25) is 0 Å². The van der Waals surface area contributed by atoms with Crippen molar-refractivity contribution in [2.75, 3.05) is 19.5 Å². The monoisotopic (exact) mass is 790 g/mol. The van der Waals surface area contributed by atoms with E-state index in [-0.39, 0.29) is 30.7 Å². The molecule has 0 spiro atoms. The van der Waals surface area contributed by atoms with E-state index >= 15 is 0 Å². The molecule has 0 bridgehead atoms. The number of hydrogen-bond donors (Lipinski definition) is 3. The summed E-state index contributed by atoms with van der Waals surface area (Å²) in [6, 6.07) is 8.26. The molecule has 0 unspecified atom stereocenters. The standard InChI is InChI=1S/C36H51N6O12P/c1-19(2)32(43)50-29-28(26-14-15-27-31(38)39-18-40-42(26)27)52-36(8,30(29)51-33(44)20(3)4)17-48-55(41-22(7)34(45)47-9)54-53-24-12-10-23(11-13-24)16-25(37)35(46)49-21(5)6/h10-15,18-22,25,28-30,41H,16-17,37H2,1-9H3,(H2,38,39,40)/t22-,25-,28-,29-,30-,36+,55+/m0/s1. The highest BCUT2D eigenvalue weighted by molar-refractivity contribution is 7.44. The Morgan fingerprint density at radius 1 is 0.945 bits per heavy atom. The first-order valence-corrected chi connectivity index (χ1v) is 18.9. The number of nitrogen functional groups attached to an aromatic ring is 1. The maximum Gasteiger partial charge on any atom is 0.323 e. The number of methoxy groups -OCH3 is 1. The summed E-state index contributed by atoms with van der Waals surface area (Å²) < 4.78 is 42.2. The predicted molar refractivity (Wildman–Crippen MR) is 198 cm³/mol. The van der Waals surface area contributed by atoms with Gasteiger partial charge in [0.1, 0.15) is 35.6 Å². The zero-order valence-electron chi connectivity index (χ0n) is 32.4. The number of hydrogen-bond acceptors (Lipinski definition) is 17. The lowest BCUT2D eigenvalue weighted by Gasteiger charge is -2.32. The van der Waals surface area contributed by atoms with Gasteiger partial charge in [0, 0.05) is 0 Å². The third-order valence-corrected chi connectivity index (χ3v) is 9.56. The minimum atomic E-state index is -2.26. The van der Waals surface area contributed by atoms with Gasteiger partial charge in [-0.15, -0.1) is 4.67 Å². The minimum absolute atomic E-state index is 0.210. The van der Waals surface area contributed by atoms with Gasteiger partial charge in [-0.3, -0.25) is 19.2 Å². The lowest BCUT2D eigenvalue weighted by atomic mass is 9.95. The van der Waals surface area contributed by atoms with E-state index in [4.69, 9.17) is 49.2 Å². The normalized spacial score (nSPS) is 21.4. The molecule has 0 amide bonds. The Kier molecular flexibility index (Phi) is 14.9. The zero-order valence-corrected chi connectivity index (χ0v) is 33.3. The van der Waals surface area contributed by atoms with Crippen LogP contribution in [0, 0.1) is 11.8 Å². The Morgan fingerprint density at radius 3 is 2.22 bits per heavy atom. The zero-order chi connectivity index (χ0) is 40.6. The number of nitrogens with two attached hydrogens (primary N) is 2. The molecule has 0 saturated carbocycles. The fraction of sp³-hybridized carbons (Fsp3) is 0.556. The van der Waals surface area contributed by atoms with E-state index in [2.05, 4.69) is 15.2 Å². The molecule has 2 aromatic heterocycles. The molecule has 302 valence electrons. The highest BCUT2D eigenvalue weighted by Gasteiger charge is 2.59. The van der Waals surface area contributed by atoms with E-state index in [1.807, 2.05) is 0 Å². The summed E-state index contributed by atoms with van der Waals surface area (Å²) in [5.41, 5.74) is 12.3. The Balaban J connectivity index is 1.61. The minimum Gasteiger partial charge on any atom is -0.468 e. The molecule has 3 aromatic rings. The third-order valence-electron chi connectivity index (χ3n) is 8.39. The SMILES string of the molecule is COC(=O)[C@H](C)N[P@](OC[C@@]1(C)O[C@@H](c2ccc3c(N)ncnn23)[C@H](OC(=O)C(C)C)[C@@H]1OC(=O)C(C)C)OOc1ccc(C[C@H](N)C(=O)OC(C)C)cc1. The van der Waals surface area contributed by atoms with Gasteiger partial charge < -0.3 is 44.6 Å². The largest absolute Gasteiger partial charge is 0.468 e. The van der Waals surface area contributed by atoms with Gasteiger partial charge in [-0.05, 0) is 63.9 Å². The Morgan fingerprint density at radius 2 is 1.60 bits per heavy atom. The van der Waals surface area contributed by atoms with Gasteiger partial charge in [0.25, 0.3) is 0 Å². The van der Waals surface area contributed by atoms with Crippen molar-refractivity contribution < 1.29 is 56.9 Å². The topological polar surface area (TPSA) is 236 Å². The van der Waals surface area contributed by atoms with Crippen molar-refractivity contribution in [1.29, 1.82) is 0 Å². The molecule has 0 aliphatic carbocycles. The van der Waals surface area contributed by atoms with Crippen molar-refractivity contribution in [1.82, 2.24) is 19.7 Å². The van der Waals surface area contributed by atoms with Crippen molar-refractivity contribution in [3.63, 3.8) is 0 Å². The maximum atomic E-state index is 13.2. The number of anilines is 1. The first-order valence-electron chi connectivity index (χ1n) is 17.8. The molecule has 3 heterocycles. The number of carbonyl (C=O) groups is 4. The smallest absolute Gasteiger partial charge is 0.323 e. The van der Waals surface area contributed by atoms with E-state index in [1.54, 1.807) is 91.8 Å². The van der Waals surface area contributed by atoms with Crippen LogP contribution in [0.25, 0.3) is 5.52 Å². The molecule has 1 saturated heterocycles. The van der Waals surface area contributed by atoms with Crippen LogP contribution in [0.1, 0.15) is 72.8 Å². The molecule has 1 aliphatic rings. The van der Waals surface area contributed by atoms with Gasteiger partial charge in [-0.2, -0.15) is 5.10 Å². The Bertz CT molecular complexity index is 1790. The fourth-order valence-corrected chi connectivity index (χ4v) is 6.49.